The fourth-order valence-corrected chi connectivity index (χ4v) is 5.29. The number of ether oxygens (including phenoxy) is 2. The van der Waals surface area contributed by atoms with Gasteiger partial charge >= 0.3 is 0 Å². The number of benzene rings is 2. The smallest absolute Gasteiger partial charge is 0.185 e. The third kappa shape index (κ3) is 4.32. The minimum absolute atomic E-state index is 0.0265. The molecule has 4 rings (SSSR count). The average Bonchev–Trinajstić information content (AvgIpc) is 2.81. The summed E-state index contributed by atoms with van der Waals surface area (Å²) in [4.78, 5) is 25.4. The molecule has 0 aromatic heterocycles. The monoisotopic (exact) mass is 476 g/mol. The Bertz CT molecular complexity index is 1130. The molecule has 0 radical (unpaired) electrons. The van der Waals surface area contributed by atoms with Gasteiger partial charge in [-0.25, -0.2) is 0 Å². The number of ketones is 2. The number of carbonyl (C=O) groups excluding carboxylic acids is 2. The number of aromatic hydroxyl groups is 2. The topological polar surface area (TPSA) is 93.1 Å². The number of rotatable bonds is 6. The highest BCUT2D eigenvalue weighted by Crippen LogP contribution is 2.46. The molecule has 0 saturated heterocycles. The summed E-state index contributed by atoms with van der Waals surface area (Å²) < 4.78 is 11.3. The maximum Gasteiger partial charge on any atom is 0.185 e. The molecular formula is C29H32O6. The molecule has 2 aromatic carbocycles. The Morgan fingerprint density at radius 3 is 1.51 bits per heavy atom. The van der Waals surface area contributed by atoms with E-state index in [9.17, 15) is 19.8 Å². The van der Waals surface area contributed by atoms with Crippen LogP contribution in [0.3, 0.4) is 0 Å². The van der Waals surface area contributed by atoms with E-state index in [1.807, 2.05) is 26.0 Å². The van der Waals surface area contributed by atoms with Gasteiger partial charge < -0.3 is 19.7 Å². The van der Waals surface area contributed by atoms with Crippen LogP contribution in [0.1, 0.15) is 67.9 Å². The highest BCUT2D eigenvalue weighted by molar-refractivity contribution is 6.08. The van der Waals surface area contributed by atoms with Crippen LogP contribution < -0.4 is 0 Å². The second-order valence-corrected chi connectivity index (χ2v) is 9.56. The molecule has 0 unspecified atom stereocenters. The van der Waals surface area contributed by atoms with Crippen LogP contribution in [0.25, 0.3) is 0 Å². The van der Waals surface area contributed by atoms with Crippen LogP contribution in [-0.4, -0.2) is 48.2 Å². The zero-order chi connectivity index (χ0) is 25.3. The van der Waals surface area contributed by atoms with E-state index in [0.29, 0.717) is 85.5 Å². The van der Waals surface area contributed by atoms with Crippen LogP contribution in [-0.2, 0) is 40.6 Å². The summed E-state index contributed by atoms with van der Waals surface area (Å²) in [6.45, 7) is 12.9. The van der Waals surface area contributed by atoms with Gasteiger partial charge in [-0.05, 0) is 36.1 Å². The quantitative estimate of drug-likeness (QED) is 0.475. The number of carbonyl (C=O) groups is 2. The molecule has 0 aliphatic carbocycles. The summed E-state index contributed by atoms with van der Waals surface area (Å²) in [5, 5.41) is 22.9. The summed E-state index contributed by atoms with van der Waals surface area (Å²) in [6.07, 6.45) is 4.38. The van der Waals surface area contributed by atoms with Crippen LogP contribution in [0.4, 0.5) is 0 Å². The highest BCUT2D eigenvalue weighted by Gasteiger charge is 2.35. The normalized spacial score (nSPS) is 15.8. The molecular weight excluding hydrogens is 444 g/mol. The van der Waals surface area contributed by atoms with Gasteiger partial charge in [-0.3, -0.25) is 9.59 Å². The molecule has 2 heterocycles. The van der Waals surface area contributed by atoms with Gasteiger partial charge in [0, 0.05) is 51.6 Å². The first-order valence-electron chi connectivity index (χ1n) is 12.0. The average molecular weight is 477 g/mol. The first-order valence-corrected chi connectivity index (χ1v) is 12.0. The van der Waals surface area contributed by atoms with Crippen molar-refractivity contribution in [2.45, 2.75) is 44.9 Å². The largest absolute Gasteiger partial charge is 0.507 e. The minimum atomic E-state index is -0.827. The first-order chi connectivity index (χ1) is 16.7. The highest BCUT2D eigenvalue weighted by atomic mass is 16.5. The lowest BCUT2D eigenvalue weighted by Gasteiger charge is -2.33. The van der Waals surface area contributed by atoms with Crippen molar-refractivity contribution >= 4 is 11.6 Å². The maximum atomic E-state index is 12.7. The van der Waals surface area contributed by atoms with Crippen LogP contribution in [0, 0.1) is 0 Å². The summed E-state index contributed by atoms with van der Waals surface area (Å²) in [6, 6.07) is 3.70. The fourth-order valence-electron chi connectivity index (χ4n) is 5.29. The van der Waals surface area contributed by atoms with E-state index in [-0.39, 0.29) is 23.1 Å². The molecule has 4 bridgehead atoms. The number of allylic oxidation sites excluding steroid dienone is 2. The summed E-state index contributed by atoms with van der Waals surface area (Å²) in [7, 11) is 0. The predicted molar refractivity (Wildman–Crippen MR) is 134 cm³/mol. The van der Waals surface area contributed by atoms with Crippen molar-refractivity contribution in [3.05, 3.63) is 82.0 Å². The molecule has 2 N–H and O–H groups in total. The van der Waals surface area contributed by atoms with Gasteiger partial charge in [0.05, 0.1) is 26.4 Å². The standard InChI is InChI=1S/C29H32O6/c1-5-23(30)25-17-7-11-34-13-9-19(25)27(32)21(15-17)29(3,4)22-16-18-8-12-35-14-10-20(28(22)33)26(18)24(31)6-2/h5-6,15-16,32-33H,1-2,7-14H2,3-4H3. The van der Waals surface area contributed by atoms with Crippen molar-refractivity contribution in [3.63, 3.8) is 0 Å². The van der Waals surface area contributed by atoms with E-state index >= 15 is 0 Å². The molecule has 2 aliphatic rings. The predicted octanol–water partition coefficient (Wildman–Crippen LogP) is 4.39. The molecule has 184 valence electrons. The zero-order valence-electron chi connectivity index (χ0n) is 20.4. The molecule has 0 atom stereocenters. The molecule has 35 heavy (non-hydrogen) atoms. The lowest BCUT2D eigenvalue weighted by atomic mass is 9.72. The van der Waals surface area contributed by atoms with Gasteiger partial charge in [0.2, 0.25) is 0 Å². The van der Waals surface area contributed by atoms with Gasteiger partial charge in [0.25, 0.3) is 0 Å². The van der Waals surface area contributed by atoms with Crippen molar-refractivity contribution in [2.75, 3.05) is 26.4 Å². The van der Waals surface area contributed by atoms with Crippen LogP contribution >= 0.6 is 0 Å². The van der Waals surface area contributed by atoms with Crippen molar-refractivity contribution in [1.82, 2.24) is 0 Å². The minimum Gasteiger partial charge on any atom is -0.507 e. The lowest BCUT2D eigenvalue weighted by molar-refractivity contribution is 0.102. The van der Waals surface area contributed by atoms with E-state index in [2.05, 4.69) is 13.2 Å². The van der Waals surface area contributed by atoms with E-state index in [1.54, 1.807) is 0 Å². The Hall–Kier alpha value is -3.22. The molecule has 0 spiro atoms. The van der Waals surface area contributed by atoms with Gasteiger partial charge in [0.1, 0.15) is 11.5 Å². The molecule has 0 fully saturated rings. The van der Waals surface area contributed by atoms with Crippen LogP contribution in [0.15, 0.2) is 37.4 Å². The third-order valence-electron chi connectivity index (χ3n) is 7.20. The molecule has 6 heteroatoms. The first kappa shape index (κ1) is 24.9. The second-order valence-electron chi connectivity index (χ2n) is 9.56. The second kappa shape index (κ2) is 9.80. The van der Waals surface area contributed by atoms with Crippen molar-refractivity contribution in [3.8, 4) is 11.5 Å². The summed E-state index contributed by atoms with van der Waals surface area (Å²) in [5.74, 6) is -0.394. The summed E-state index contributed by atoms with van der Waals surface area (Å²) in [5.41, 5.74) is 4.06. The van der Waals surface area contributed by atoms with E-state index in [0.717, 1.165) is 11.1 Å². The van der Waals surface area contributed by atoms with Crippen molar-refractivity contribution in [2.24, 2.45) is 0 Å². The van der Waals surface area contributed by atoms with Crippen molar-refractivity contribution in [1.29, 1.82) is 0 Å². The van der Waals surface area contributed by atoms with E-state index in [4.69, 9.17) is 9.47 Å². The van der Waals surface area contributed by atoms with Gasteiger partial charge in [-0.1, -0.05) is 39.1 Å². The fraction of sp³-hybridized carbons (Fsp3) is 0.379. The number of fused-ring (bicyclic) bond motifs is 4. The van der Waals surface area contributed by atoms with Crippen LogP contribution in [0.2, 0.25) is 0 Å². The van der Waals surface area contributed by atoms with Gasteiger partial charge in [-0.2, -0.15) is 0 Å². The van der Waals surface area contributed by atoms with E-state index < -0.39 is 5.41 Å². The Balaban J connectivity index is 1.97. The Labute approximate surface area is 205 Å². The number of phenolic OH excluding ortho intramolecular Hbond substituents is 2. The Kier molecular flexibility index (Phi) is 6.97. The molecule has 2 aromatic rings. The number of hydrogen-bond acceptors (Lipinski definition) is 6. The van der Waals surface area contributed by atoms with Gasteiger partial charge in [-0.15, -0.1) is 0 Å². The van der Waals surface area contributed by atoms with Crippen molar-refractivity contribution < 1.29 is 29.3 Å². The third-order valence-corrected chi connectivity index (χ3v) is 7.20. The molecule has 0 saturated carbocycles. The Morgan fingerprint density at radius 1 is 0.771 bits per heavy atom. The van der Waals surface area contributed by atoms with Crippen LogP contribution in [0.5, 0.6) is 11.5 Å². The maximum absolute atomic E-state index is 12.7. The number of phenols is 2. The zero-order valence-corrected chi connectivity index (χ0v) is 20.4. The lowest BCUT2D eigenvalue weighted by Crippen LogP contribution is -2.25. The van der Waals surface area contributed by atoms with E-state index in [1.165, 1.54) is 12.2 Å². The SMILES string of the molecule is C=CC(=O)c1c2cc(C(C)(C)c3cc4c(C(=O)C=C)c(c3O)CCOCC4)c(O)c1CCOCC2. The van der Waals surface area contributed by atoms with Gasteiger partial charge in [0.15, 0.2) is 11.6 Å². The Morgan fingerprint density at radius 2 is 1.14 bits per heavy atom. The number of hydrogen-bond donors (Lipinski definition) is 2. The molecule has 2 aliphatic heterocycles. The molecule has 0 amide bonds. The summed E-state index contributed by atoms with van der Waals surface area (Å²) >= 11 is 0. The molecule has 6 nitrogen and oxygen atoms in total.